The number of urea groups is 1. The standard InChI is InChI=1S/C23H27F2N3O2/c1-15(2)27-23(30)28-10-4-7-19(14-28)16-5-3-6-17(11-16)22(29)26-13-18-8-9-20(24)12-21(18)25/h3,5-6,8-9,11-12,15,19H,4,7,10,13-14H2,1-2H3,(H,26,29)(H,27,30)/t19-/m1/s1. The highest BCUT2D eigenvalue weighted by molar-refractivity contribution is 5.94. The monoisotopic (exact) mass is 415 g/mol. The van der Waals surface area contributed by atoms with E-state index in [0.717, 1.165) is 37.1 Å². The van der Waals surface area contributed by atoms with Gasteiger partial charge in [-0.15, -0.1) is 0 Å². The Balaban J connectivity index is 1.64. The highest BCUT2D eigenvalue weighted by atomic mass is 19.1. The van der Waals surface area contributed by atoms with E-state index in [1.165, 1.54) is 6.07 Å². The van der Waals surface area contributed by atoms with E-state index < -0.39 is 11.6 Å². The van der Waals surface area contributed by atoms with Crippen LogP contribution in [0.25, 0.3) is 0 Å². The molecule has 0 radical (unpaired) electrons. The summed E-state index contributed by atoms with van der Waals surface area (Å²) in [6.45, 7) is 5.16. The topological polar surface area (TPSA) is 61.4 Å². The van der Waals surface area contributed by atoms with Crippen LogP contribution in [0.2, 0.25) is 0 Å². The van der Waals surface area contributed by atoms with E-state index in [9.17, 15) is 18.4 Å². The van der Waals surface area contributed by atoms with E-state index in [1.807, 2.05) is 36.9 Å². The van der Waals surface area contributed by atoms with Crippen LogP contribution in [0.15, 0.2) is 42.5 Å². The molecule has 1 heterocycles. The lowest BCUT2D eigenvalue weighted by atomic mass is 9.89. The molecule has 0 aromatic heterocycles. The van der Waals surface area contributed by atoms with E-state index in [4.69, 9.17) is 0 Å². The zero-order valence-corrected chi connectivity index (χ0v) is 17.3. The fourth-order valence-electron chi connectivity index (χ4n) is 3.65. The summed E-state index contributed by atoms with van der Waals surface area (Å²) in [5.74, 6) is -1.52. The molecule has 1 aliphatic heterocycles. The van der Waals surface area contributed by atoms with Crippen molar-refractivity contribution in [3.8, 4) is 0 Å². The Morgan fingerprint density at radius 3 is 2.70 bits per heavy atom. The normalized spacial score (nSPS) is 16.4. The van der Waals surface area contributed by atoms with Crippen molar-refractivity contribution in [2.75, 3.05) is 13.1 Å². The summed E-state index contributed by atoms with van der Waals surface area (Å²) in [6.07, 6.45) is 1.84. The largest absolute Gasteiger partial charge is 0.348 e. The number of halogens is 2. The molecule has 3 rings (SSSR count). The molecule has 0 aliphatic carbocycles. The van der Waals surface area contributed by atoms with Crippen molar-refractivity contribution in [2.24, 2.45) is 0 Å². The molecule has 1 fully saturated rings. The summed E-state index contributed by atoms with van der Waals surface area (Å²) >= 11 is 0. The van der Waals surface area contributed by atoms with E-state index >= 15 is 0 Å². The summed E-state index contributed by atoms with van der Waals surface area (Å²) in [7, 11) is 0. The van der Waals surface area contributed by atoms with Crippen molar-refractivity contribution in [3.63, 3.8) is 0 Å². The smallest absolute Gasteiger partial charge is 0.317 e. The number of nitrogens with zero attached hydrogens (tertiary/aromatic N) is 1. The number of rotatable bonds is 5. The van der Waals surface area contributed by atoms with Gasteiger partial charge >= 0.3 is 6.03 Å². The van der Waals surface area contributed by atoms with Gasteiger partial charge in [-0.2, -0.15) is 0 Å². The average Bonchev–Trinajstić information content (AvgIpc) is 2.72. The van der Waals surface area contributed by atoms with Gasteiger partial charge in [0, 0.05) is 48.8 Å². The van der Waals surface area contributed by atoms with Crippen LogP contribution < -0.4 is 10.6 Å². The Bertz CT molecular complexity index is 917. The number of hydrogen-bond donors (Lipinski definition) is 2. The molecule has 0 spiro atoms. The molecule has 1 atom stereocenters. The molecule has 7 heteroatoms. The quantitative estimate of drug-likeness (QED) is 0.769. The predicted molar refractivity (Wildman–Crippen MR) is 111 cm³/mol. The molecule has 30 heavy (non-hydrogen) atoms. The van der Waals surface area contributed by atoms with Crippen LogP contribution in [0.5, 0.6) is 0 Å². The van der Waals surface area contributed by atoms with Gasteiger partial charge in [0.25, 0.3) is 5.91 Å². The van der Waals surface area contributed by atoms with Crippen LogP contribution in [0, 0.1) is 11.6 Å². The van der Waals surface area contributed by atoms with Crippen LogP contribution in [-0.4, -0.2) is 36.0 Å². The van der Waals surface area contributed by atoms with Crippen molar-refractivity contribution < 1.29 is 18.4 Å². The van der Waals surface area contributed by atoms with Crippen molar-refractivity contribution in [3.05, 3.63) is 70.8 Å². The van der Waals surface area contributed by atoms with Gasteiger partial charge in [0.15, 0.2) is 0 Å². The fourth-order valence-corrected chi connectivity index (χ4v) is 3.65. The third-order valence-corrected chi connectivity index (χ3v) is 5.20. The van der Waals surface area contributed by atoms with Gasteiger partial charge in [-0.05, 0) is 50.5 Å². The van der Waals surface area contributed by atoms with Gasteiger partial charge in [0.2, 0.25) is 0 Å². The maximum atomic E-state index is 13.8. The lowest BCUT2D eigenvalue weighted by Gasteiger charge is -2.33. The number of carbonyl (C=O) groups excluding carboxylic acids is 2. The number of piperidine rings is 1. The molecule has 3 amide bonds. The van der Waals surface area contributed by atoms with Crippen LogP contribution in [0.1, 0.15) is 54.1 Å². The van der Waals surface area contributed by atoms with Crippen molar-refractivity contribution in [2.45, 2.75) is 45.2 Å². The minimum atomic E-state index is -0.689. The van der Waals surface area contributed by atoms with Crippen molar-refractivity contribution in [1.82, 2.24) is 15.5 Å². The molecule has 5 nitrogen and oxygen atoms in total. The molecule has 160 valence electrons. The number of nitrogens with one attached hydrogen (secondary N) is 2. The molecule has 0 unspecified atom stereocenters. The summed E-state index contributed by atoms with van der Waals surface area (Å²) in [4.78, 5) is 26.7. The molecule has 2 N–H and O–H groups in total. The number of benzene rings is 2. The highest BCUT2D eigenvalue weighted by Gasteiger charge is 2.25. The fraction of sp³-hybridized carbons (Fsp3) is 0.391. The van der Waals surface area contributed by atoms with Crippen LogP contribution in [0.3, 0.4) is 0 Å². The first kappa shape index (κ1) is 21.7. The minimum Gasteiger partial charge on any atom is -0.348 e. The van der Waals surface area contributed by atoms with Crippen LogP contribution >= 0.6 is 0 Å². The maximum Gasteiger partial charge on any atom is 0.317 e. The molecule has 1 saturated heterocycles. The lowest BCUT2D eigenvalue weighted by Crippen LogP contribution is -2.47. The Morgan fingerprint density at radius 2 is 1.97 bits per heavy atom. The van der Waals surface area contributed by atoms with E-state index in [2.05, 4.69) is 10.6 Å². The van der Waals surface area contributed by atoms with Gasteiger partial charge in [0.05, 0.1) is 0 Å². The van der Waals surface area contributed by atoms with Crippen LogP contribution in [-0.2, 0) is 6.54 Å². The summed E-state index contributed by atoms with van der Waals surface area (Å²) in [5, 5.41) is 5.60. The van der Waals surface area contributed by atoms with E-state index in [1.54, 1.807) is 6.07 Å². The second-order valence-corrected chi connectivity index (χ2v) is 7.93. The summed E-state index contributed by atoms with van der Waals surface area (Å²) < 4.78 is 26.8. The molecule has 2 aromatic carbocycles. The number of likely N-dealkylation sites (tertiary alicyclic amines) is 1. The second-order valence-electron chi connectivity index (χ2n) is 7.93. The van der Waals surface area contributed by atoms with Gasteiger partial charge in [-0.25, -0.2) is 13.6 Å². The molecule has 0 saturated carbocycles. The number of carbonyl (C=O) groups is 2. The van der Waals surface area contributed by atoms with E-state index in [-0.39, 0.29) is 36.0 Å². The summed E-state index contributed by atoms with van der Waals surface area (Å²) in [6, 6.07) is 10.6. The molecule has 1 aliphatic rings. The molecule has 0 bridgehead atoms. The van der Waals surface area contributed by atoms with Gasteiger partial charge in [-0.1, -0.05) is 18.2 Å². The third kappa shape index (κ3) is 5.55. The number of hydrogen-bond acceptors (Lipinski definition) is 2. The Morgan fingerprint density at radius 1 is 1.17 bits per heavy atom. The molecule has 2 aromatic rings. The Kier molecular flexibility index (Phi) is 7.03. The first-order chi connectivity index (χ1) is 14.3. The zero-order chi connectivity index (χ0) is 21.7. The minimum absolute atomic E-state index is 0.0260. The average molecular weight is 415 g/mol. The number of amides is 3. The molecular formula is C23H27F2N3O2. The second kappa shape index (κ2) is 9.69. The van der Waals surface area contributed by atoms with Gasteiger partial charge < -0.3 is 15.5 Å². The van der Waals surface area contributed by atoms with Crippen LogP contribution in [0.4, 0.5) is 13.6 Å². The first-order valence-electron chi connectivity index (χ1n) is 10.2. The van der Waals surface area contributed by atoms with Crippen molar-refractivity contribution in [1.29, 1.82) is 0 Å². The lowest BCUT2D eigenvalue weighted by molar-refractivity contribution is 0.0950. The predicted octanol–water partition coefficient (Wildman–Crippen LogP) is 4.19. The Labute approximate surface area is 175 Å². The van der Waals surface area contributed by atoms with Gasteiger partial charge in [-0.3, -0.25) is 4.79 Å². The van der Waals surface area contributed by atoms with Gasteiger partial charge in [0.1, 0.15) is 11.6 Å². The zero-order valence-electron chi connectivity index (χ0n) is 17.3. The van der Waals surface area contributed by atoms with E-state index in [0.29, 0.717) is 12.1 Å². The van der Waals surface area contributed by atoms with Crippen molar-refractivity contribution >= 4 is 11.9 Å². The third-order valence-electron chi connectivity index (χ3n) is 5.20. The molecular weight excluding hydrogens is 388 g/mol. The first-order valence-corrected chi connectivity index (χ1v) is 10.2. The summed E-state index contributed by atoms with van der Waals surface area (Å²) in [5.41, 5.74) is 1.69. The Hall–Kier alpha value is -2.96. The SMILES string of the molecule is CC(C)NC(=O)N1CCC[C@@H](c2cccc(C(=O)NCc3ccc(F)cc3F)c2)C1. The maximum absolute atomic E-state index is 13.8. The highest BCUT2D eigenvalue weighted by Crippen LogP contribution is 2.27.